The second kappa shape index (κ2) is 6.08. The molecule has 4 heteroatoms. The summed E-state index contributed by atoms with van der Waals surface area (Å²) in [6.07, 6.45) is 0. The molecule has 0 saturated heterocycles. The van der Waals surface area contributed by atoms with Gasteiger partial charge in [-0.15, -0.1) is 0 Å². The van der Waals surface area contributed by atoms with Gasteiger partial charge in [-0.3, -0.25) is 0 Å². The average Bonchev–Trinajstić information content (AvgIpc) is 2.55. The van der Waals surface area contributed by atoms with Crippen molar-refractivity contribution >= 4 is 16.9 Å². The van der Waals surface area contributed by atoms with Gasteiger partial charge in [0.2, 0.25) is 0 Å². The van der Waals surface area contributed by atoms with Crippen molar-refractivity contribution in [2.75, 3.05) is 6.61 Å². The molecular weight excluding hydrogens is 290 g/mol. The molecule has 23 heavy (non-hydrogen) atoms. The highest BCUT2D eigenvalue weighted by Gasteiger charge is 2.16. The van der Waals surface area contributed by atoms with E-state index in [1.807, 2.05) is 50.2 Å². The van der Waals surface area contributed by atoms with Crippen LogP contribution in [0.25, 0.3) is 22.2 Å². The van der Waals surface area contributed by atoms with Crippen LogP contribution in [0, 0.1) is 6.92 Å². The Morgan fingerprint density at radius 1 is 1.17 bits per heavy atom. The summed E-state index contributed by atoms with van der Waals surface area (Å²) in [5, 5.41) is 10.2. The number of nitrogens with zero attached hydrogens (tertiary/aromatic N) is 1. The second-order valence-electron chi connectivity index (χ2n) is 5.26. The first-order chi connectivity index (χ1) is 11.1. The monoisotopic (exact) mass is 307 g/mol. The van der Waals surface area contributed by atoms with Gasteiger partial charge >= 0.3 is 5.97 Å². The van der Waals surface area contributed by atoms with Gasteiger partial charge in [-0.1, -0.05) is 30.3 Å². The number of benzene rings is 2. The Bertz CT molecular complexity index is 887. The number of carbonyl (C=O) groups is 1. The Labute approximate surface area is 134 Å². The number of rotatable bonds is 4. The third-order valence-electron chi connectivity index (χ3n) is 3.73. The first-order valence-electron chi connectivity index (χ1n) is 7.47. The molecular formula is C19H17NO3. The van der Waals surface area contributed by atoms with Gasteiger partial charge in [0, 0.05) is 10.9 Å². The lowest BCUT2D eigenvalue weighted by molar-refractivity contribution is 0.0699. The summed E-state index contributed by atoms with van der Waals surface area (Å²) in [7, 11) is 0. The first-order valence-corrected chi connectivity index (χ1v) is 7.47. The smallest absolute Gasteiger partial charge is 0.336 e. The fourth-order valence-electron chi connectivity index (χ4n) is 2.67. The Morgan fingerprint density at radius 2 is 1.96 bits per heavy atom. The largest absolute Gasteiger partial charge is 0.493 e. The Balaban J connectivity index is 2.31. The predicted octanol–water partition coefficient (Wildman–Crippen LogP) is 4.31. The maximum atomic E-state index is 11.7. The van der Waals surface area contributed by atoms with Crippen LogP contribution in [0.3, 0.4) is 0 Å². The molecule has 1 aromatic heterocycles. The fourth-order valence-corrected chi connectivity index (χ4v) is 2.67. The molecule has 3 aromatic rings. The van der Waals surface area contributed by atoms with Crippen LogP contribution in [-0.4, -0.2) is 22.7 Å². The SMILES string of the molecule is CCOc1ccccc1-c1cc(C(=O)O)c2cccc(C)c2n1. The number of hydrogen-bond donors (Lipinski definition) is 1. The summed E-state index contributed by atoms with van der Waals surface area (Å²) in [5.41, 5.74) is 3.30. The molecule has 0 radical (unpaired) electrons. The van der Waals surface area contributed by atoms with Crippen LogP contribution < -0.4 is 4.74 Å². The molecule has 0 spiro atoms. The summed E-state index contributed by atoms with van der Waals surface area (Å²) in [4.78, 5) is 16.3. The molecule has 0 aliphatic heterocycles. The Morgan fingerprint density at radius 3 is 2.70 bits per heavy atom. The molecule has 0 aliphatic carbocycles. The number of fused-ring (bicyclic) bond motifs is 1. The number of ether oxygens (including phenoxy) is 1. The van der Waals surface area contributed by atoms with E-state index < -0.39 is 5.97 Å². The zero-order valence-electron chi connectivity index (χ0n) is 13.0. The van der Waals surface area contributed by atoms with E-state index in [1.54, 1.807) is 12.1 Å². The molecule has 0 unspecified atom stereocenters. The first kappa shape index (κ1) is 15.0. The number of aryl methyl sites for hydroxylation is 1. The molecule has 1 N–H and O–H groups in total. The van der Waals surface area contributed by atoms with Crippen molar-refractivity contribution in [2.24, 2.45) is 0 Å². The van der Waals surface area contributed by atoms with E-state index in [2.05, 4.69) is 4.98 Å². The molecule has 0 aliphatic rings. The molecule has 0 fully saturated rings. The van der Waals surface area contributed by atoms with Crippen LogP contribution in [0.1, 0.15) is 22.8 Å². The zero-order valence-corrected chi connectivity index (χ0v) is 13.0. The van der Waals surface area contributed by atoms with E-state index in [-0.39, 0.29) is 5.56 Å². The van der Waals surface area contributed by atoms with Crippen LogP contribution in [0.15, 0.2) is 48.5 Å². The van der Waals surface area contributed by atoms with Crippen molar-refractivity contribution < 1.29 is 14.6 Å². The third kappa shape index (κ3) is 2.75. The van der Waals surface area contributed by atoms with Crippen molar-refractivity contribution in [1.82, 2.24) is 4.98 Å². The number of carboxylic acid groups (broad SMARTS) is 1. The van der Waals surface area contributed by atoms with E-state index >= 15 is 0 Å². The quantitative estimate of drug-likeness (QED) is 0.780. The van der Waals surface area contributed by atoms with Crippen LogP contribution in [0.5, 0.6) is 5.75 Å². The third-order valence-corrected chi connectivity index (χ3v) is 3.73. The van der Waals surface area contributed by atoms with E-state index in [0.717, 1.165) is 11.1 Å². The molecule has 3 rings (SSSR count). The Hall–Kier alpha value is -2.88. The van der Waals surface area contributed by atoms with Gasteiger partial charge in [-0.2, -0.15) is 0 Å². The lowest BCUT2D eigenvalue weighted by Gasteiger charge is -2.12. The summed E-state index contributed by atoms with van der Waals surface area (Å²) in [6.45, 7) is 4.38. The molecule has 0 atom stereocenters. The number of carboxylic acids is 1. The minimum Gasteiger partial charge on any atom is -0.493 e. The van der Waals surface area contributed by atoms with Gasteiger partial charge in [0.1, 0.15) is 5.75 Å². The van der Waals surface area contributed by atoms with Crippen molar-refractivity contribution in [3.05, 3.63) is 59.7 Å². The normalized spacial score (nSPS) is 10.7. The van der Waals surface area contributed by atoms with Gasteiger partial charge in [0.05, 0.1) is 23.4 Å². The van der Waals surface area contributed by atoms with Gasteiger partial charge in [-0.25, -0.2) is 9.78 Å². The van der Waals surface area contributed by atoms with E-state index in [1.165, 1.54) is 0 Å². The van der Waals surface area contributed by atoms with Gasteiger partial charge in [-0.05, 0) is 37.6 Å². The van der Waals surface area contributed by atoms with Gasteiger partial charge in [0.15, 0.2) is 0 Å². The topological polar surface area (TPSA) is 59.4 Å². The van der Waals surface area contributed by atoms with Crippen molar-refractivity contribution in [1.29, 1.82) is 0 Å². The standard InChI is InChI=1S/C19H17NO3/c1-3-23-17-10-5-4-8-14(17)16-11-15(19(21)22)13-9-6-7-12(2)18(13)20-16/h4-11H,3H2,1-2H3,(H,21,22). The summed E-state index contributed by atoms with van der Waals surface area (Å²) in [6, 6.07) is 14.7. The molecule has 4 nitrogen and oxygen atoms in total. The van der Waals surface area contributed by atoms with Crippen molar-refractivity contribution in [2.45, 2.75) is 13.8 Å². The number of hydrogen-bond acceptors (Lipinski definition) is 3. The molecule has 0 amide bonds. The number of pyridine rings is 1. The maximum absolute atomic E-state index is 11.7. The van der Waals surface area contributed by atoms with Gasteiger partial charge in [0.25, 0.3) is 0 Å². The molecule has 2 aromatic carbocycles. The summed E-state index contributed by atoms with van der Waals surface area (Å²) in [5.74, 6) is -0.259. The van der Waals surface area contributed by atoms with E-state index in [4.69, 9.17) is 4.74 Å². The number of aromatic carboxylic acids is 1. The minimum atomic E-state index is -0.960. The highest BCUT2D eigenvalue weighted by Crippen LogP contribution is 2.32. The summed E-state index contributed by atoms with van der Waals surface area (Å²) >= 11 is 0. The van der Waals surface area contributed by atoms with Crippen molar-refractivity contribution in [3.8, 4) is 17.0 Å². The lowest BCUT2D eigenvalue weighted by Crippen LogP contribution is -2.02. The maximum Gasteiger partial charge on any atom is 0.336 e. The molecule has 0 saturated carbocycles. The van der Waals surface area contributed by atoms with Crippen LogP contribution in [0.2, 0.25) is 0 Å². The number of para-hydroxylation sites is 2. The average molecular weight is 307 g/mol. The second-order valence-corrected chi connectivity index (χ2v) is 5.26. The van der Waals surface area contributed by atoms with Crippen LogP contribution in [-0.2, 0) is 0 Å². The molecule has 1 heterocycles. The van der Waals surface area contributed by atoms with E-state index in [9.17, 15) is 9.90 Å². The zero-order chi connectivity index (χ0) is 16.4. The molecule has 116 valence electrons. The van der Waals surface area contributed by atoms with Gasteiger partial charge < -0.3 is 9.84 Å². The highest BCUT2D eigenvalue weighted by atomic mass is 16.5. The lowest BCUT2D eigenvalue weighted by atomic mass is 10.0. The van der Waals surface area contributed by atoms with E-state index in [0.29, 0.717) is 29.0 Å². The van der Waals surface area contributed by atoms with Crippen LogP contribution in [0.4, 0.5) is 0 Å². The summed E-state index contributed by atoms with van der Waals surface area (Å²) < 4.78 is 5.65. The van der Waals surface area contributed by atoms with Crippen LogP contribution >= 0.6 is 0 Å². The Kier molecular flexibility index (Phi) is 3.98. The fraction of sp³-hybridized carbons (Fsp3) is 0.158. The number of aromatic nitrogens is 1. The predicted molar refractivity (Wildman–Crippen MR) is 90.0 cm³/mol. The molecule has 0 bridgehead atoms. The minimum absolute atomic E-state index is 0.250. The highest BCUT2D eigenvalue weighted by molar-refractivity contribution is 6.04. The van der Waals surface area contributed by atoms with Crippen molar-refractivity contribution in [3.63, 3.8) is 0 Å².